The van der Waals surface area contributed by atoms with Gasteiger partial charge < -0.3 is 16.8 Å². The number of aromatic nitrogens is 1. The van der Waals surface area contributed by atoms with Crippen LogP contribution in [0.5, 0.6) is 0 Å². The largest absolute Gasteiger partial charge is 1.00 e. The van der Waals surface area contributed by atoms with E-state index in [9.17, 15) is 0 Å². The Morgan fingerprint density at radius 3 is 2.38 bits per heavy atom. The van der Waals surface area contributed by atoms with E-state index in [4.69, 9.17) is 4.42 Å². The van der Waals surface area contributed by atoms with Gasteiger partial charge in [0.15, 0.2) is 0 Å². The maximum atomic E-state index is 5.94. The third-order valence-corrected chi connectivity index (χ3v) is 3.67. The molecule has 0 saturated carbocycles. The summed E-state index contributed by atoms with van der Waals surface area (Å²) in [6.45, 7) is 2.05. The van der Waals surface area contributed by atoms with Gasteiger partial charge in [0.1, 0.15) is 5.58 Å². The minimum Gasteiger partial charge on any atom is -1.00 e. The second-order valence-corrected chi connectivity index (χ2v) is 5.02. The third-order valence-electron chi connectivity index (χ3n) is 3.67. The fourth-order valence-corrected chi connectivity index (χ4v) is 2.70. The van der Waals surface area contributed by atoms with E-state index in [0.717, 1.165) is 33.3 Å². The van der Waals surface area contributed by atoms with E-state index >= 15 is 0 Å². The first-order valence-electron chi connectivity index (χ1n) is 6.72. The summed E-state index contributed by atoms with van der Waals surface area (Å²) in [5.74, 6) is 0. The zero-order valence-corrected chi connectivity index (χ0v) is 12.3. The molecule has 2 nitrogen and oxygen atoms in total. The predicted molar refractivity (Wildman–Crippen MR) is 80.4 cm³/mol. The Labute approximate surface area is 128 Å². The van der Waals surface area contributed by atoms with Crippen molar-refractivity contribution >= 4 is 21.9 Å². The maximum Gasteiger partial charge on any atom is 0.220 e. The number of H-pyrrole nitrogens is 1. The van der Waals surface area contributed by atoms with Crippen LogP contribution in [0.4, 0.5) is 0 Å². The Morgan fingerprint density at radius 2 is 1.57 bits per heavy atom. The maximum absolute atomic E-state index is 5.94. The summed E-state index contributed by atoms with van der Waals surface area (Å²) in [5, 5.41) is 2.33. The number of aromatic amines is 1. The van der Waals surface area contributed by atoms with E-state index < -0.39 is 0 Å². The smallest absolute Gasteiger partial charge is 0.220 e. The zero-order valence-electron chi connectivity index (χ0n) is 11.6. The summed E-state index contributed by atoms with van der Waals surface area (Å²) in [6, 6.07) is 20.7. The highest BCUT2D eigenvalue weighted by atomic mass is 35.5. The molecule has 0 saturated heterocycles. The van der Waals surface area contributed by atoms with E-state index in [1.54, 1.807) is 0 Å². The number of hydrogen-bond donors (Lipinski definition) is 0. The van der Waals surface area contributed by atoms with Crippen molar-refractivity contribution in [1.82, 2.24) is 0 Å². The fraction of sp³-hybridized carbons (Fsp3) is 0.0556. The van der Waals surface area contributed by atoms with Crippen molar-refractivity contribution in [1.29, 1.82) is 0 Å². The molecule has 0 amide bonds. The van der Waals surface area contributed by atoms with Gasteiger partial charge >= 0.3 is 0 Å². The Balaban J connectivity index is 0.00000132. The number of para-hydroxylation sites is 1. The van der Waals surface area contributed by atoms with Crippen LogP contribution in [-0.4, -0.2) is 0 Å². The quantitative estimate of drug-likeness (QED) is 0.521. The second kappa shape index (κ2) is 5.23. The minimum absolute atomic E-state index is 0. The number of nitrogens with one attached hydrogen (secondary N) is 1. The van der Waals surface area contributed by atoms with Gasteiger partial charge in [-0.25, -0.2) is 4.98 Å². The van der Waals surface area contributed by atoms with Gasteiger partial charge in [-0.3, -0.25) is 0 Å². The summed E-state index contributed by atoms with van der Waals surface area (Å²) < 4.78 is 5.94. The Bertz CT molecular complexity index is 912. The molecule has 0 aliphatic carbocycles. The second-order valence-electron chi connectivity index (χ2n) is 5.02. The van der Waals surface area contributed by atoms with Crippen LogP contribution >= 0.6 is 0 Å². The molecular weight excluding hydrogens is 282 g/mol. The van der Waals surface area contributed by atoms with Crippen LogP contribution in [0.2, 0.25) is 0 Å². The number of fused-ring (bicyclic) bond motifs is 3. The lowest BCUT2D eigenvalue weighted by molar-refractivity contribution is -0.372. The molecule has 0 radical (unpaired) electrons. The summed E-state index contributed by atoms with van der Waals surface area (Å²) in [7, 11) is 0. The first kappa shape index (κ1) is 13.7. The highest BCUT2D eigenvalue weighted by Crippen LogP contribution is 2.31. The molecule has 0 aliphatic heterocycles. The van der Waals surface area contributed by atoms with E-state index in [0.29, 0.717) is 0 Å². The van der Waals surface area contributed by atoms with Crippen LogP contribution in [0.15, 0.2) is 65.1 Å². The van der Waals surface area contributed by atoms with Gasteiger partial charge in [-0.2, -0.15) is 0 Å². The molecule has 2 heterocycles. The SMILES string of the molecule is Cc1[nH+]c(-c2ccccc2)cc2c1oc1ccccc12.[Cl-]. The van der Waals surface area contributed by atoms with Gasteiger partial charge in [0.2, 0.25) is 17.0 Å². The third kappa shape index (κ3) is 2.18. The van der Waals surface area contributed by atoms with Gasteiger partial charge in [0.05, 0.1) is 0 Å². The van der Waals surface area contributed by atoms with Gasteiger partial charge in [-0.1, -0.05) is 36.4 Å². The number of hydrogen-bond acceptors (Lipinski definition) is 1. The van der Waals surface area contributed by atoms with Crippen LogP contribution in [0, 0.1) is 6.92 Å². The molecule has 4 rings (SSSR count). The van der Waals surface area contributed by atoms with Crippen LogP contribution in [0.3, 0.4) is 0 Å². The number of aryl methyl sites for hydroxylation is 1. The van der Waals surface area contributed by atoms with Crippen LogP contribution < -0.4 is 17.4 Å². The number of rotatable bonds is 1. The number of pyridine rings is 1. The molecule has 104 valence electrons. The molecule has 0 bridgehead atoms. The first-order chi connectivity index (χ1) is 9.83. The van der Waals surface area contributed by atoms with Crippen LogP contribution in [0.1, 0.15) is 5.69 Å². The van der Waals surface area contributed by atoms with Crippen LogP contribution in [0.25, 0.3) is 33.2 Å². The Hall–Kier alpha value is -2.32. The van der Waals surface area contributed by atoms with E-state index in [1.165, 1.54) is 5.56 Å². The zero-order chi connectivity index (χ0) is 13.5. The lowest BCUT2D eigenvalue weighted by atomic mass is 10.1. The molecule has 0 spiro atoms. The lowest BCUT2D eigenvalue weighted by Gasteiger charge is -1.97. The normalized spacial score (nSPS) is 10.7. The van der Waals surface area contributed by atoms with E-state index in [-0.39, 0.29) is 12.4 Å². The molecule has 0 fully saturated rings. The van der Waals surface area contributed by atoms with E-state index in [2.05, 4.69) is 48.3 Å². The molecule has 1 N–H and O–H groups in total. The summed E-state index contributed by atoms with van der Waals surface area (Å²) >= 11 is 0. The van der Waals surface area contributed by atoms with Gasteiger partial charge in [-0.15, -0.1) is 0 Å². The number of halogens is 1. The van der Waals surface area contributed by atoms with Crippen molar-refractivity contribution < 1.29 is 21.8 Å². The van der Waals surface area contributed by atoms with Gasteiger partial charge in [-0.05, 0) is 18.2 Å². The van der Waals surface area contributed by atoms with Crippen molar-refractivity contribution in [2.75, 3.05) is 0 Å². The monoisotopic (exact) mass is 295 g/mol. The fourth-order valence-electron chi connectivity index (χ4n) is 2.70. The number of furan rings is 1. The molecule has 0 atom stereocenters. The summed E-state index contributed by atoms with van der Waals surface area (Å²) in [4.78, 5) is 3.43. The summed E-state index contributed by atoms with van der Waals surface area (Å²) in [5.41, 5.74) is 5.22. The van der Waals surface area contributed by atoms with Crippen molar-refractivity contribution in [2.24, 2.45) is 0 Å². The van der Waals surface area contributed by atoms with Crippen molar-refractivity contribution in [3.05, 3.63) is 66.4 Å². The first-order valence-corrected chi connectivity index (χ1v) is 6.72. The molecule has 0 unspecified atom stereocenters. The minimum atomic E-state index is 0. The van der Waals surface area contributed by atoms with E-state index in [1.807, 2.05) is 24.3 Å². The summed E-state index contributed by atoms with van der Waals surface area (Å²) in [6.07, 6.45) is 0. The standard InChI is InChI=1S/C18H13NO.ClH/c1-12-18-15(14-9-5-6-10-17(14)20-18)11-16(19-12)13-7-3-2-4-8-13;/h2-11H,1H3;1H. The average Bonchev–Trinajstić information content (AvgIpc) is 2.88. The van der Waals surface area contributed by atoms with Crippen molar-refractivity contribution in [3.8, 4) is 11.3 Å². The molecule has 3 heteroatoms. The predicted octanol–water partition coefficient (Wildman–Crippen LogP) is 1.38. The molecule has 21 heavy (non-hydrogen) atoms. The van der Waals surface area contributed by atoms with Crippen molar-refractivity contribution in [3.63, 3.8) is 0 Å². The molecule has 4 aromatic rings. The van der Waals surface area contributed by atoms with Crippen molar-refractivity contribution in [2.45, 2.75) is 6.92 Å². The molecule has 2 aromatic heterocycles. The topological polar surface area (TPSA) is 27.3 Å². The number of benzene rings is 2. The lowest BCUT2D eigenvalue weighted by Crippen LogP contribution is -3.00. The molecule has 2 aromatic carbocycles. The van der Waals surface area contributed by atoms with Crippen LogP contribution in [-0.2, 0) is 0 Å². The average molecular weight is 296 g/mol. The Morgan fingerprint density at radius 1 is 0.857 bits per heavy atom. The molecule has 0 aliphatic rings. The van der Waals surface area contributed by atoms with Gasteiger partial charge in [0, 0.05) is 29.3 Å². The molecular formula is C18H14ClNO. The highest BCUT2D eigenvalue weighted by Gasteiger charge is 2.16. The Kier molecular flexibility index (Phi) is 3.40. The highest BCUT2D eigenvalue weighted by molar-refractivity contribution is 6.05. The van der Waals surface area contributed by atoms with Gasteiger partial charge in [0.25, 0.3) is 0 Å².